The molecule has 0 unspecified atom stereocenters. The van der Waals surface area contributed by atoms with E-state index in [-0.39, 0.29) is 5.91 Å². The Morgan fingerprint density at radius 1 is 1.26 bits per heavy atom. The maximum Gasteiger partial charge on any atom is 0.256 e. The van der Waals surface area contributed by atoms with E-state index < -0.39 is 0 Å². The maximum absolute atomic E-state index is 13.0. The number of amides is 1. The van der Waals surface area contributed by atoms with Gasteiger partial charge < -0.3 is 9.64 Å². The number of aromatic nitrogens is 2. The van der Waals surface area contributed by atoms with Crippen LogP contribution >= 0.6 is 0 Å². The molecule has 0 aromatic carbocycles. The van der Waals surface area contributed by atoms with Crippen LogP contribution in [-0.2, 0) is 0 Å². The molecule has 1 saturated heterocycles. The van der Waals surface area contributed by atoms with Crippen molar-refractivity contribution in [1.29, 1.82) is 0 Å². The molecule has 0 radical (unpaired) electrons. The monoisotopic (exact) mass is 309 g/mol. The first-order chi connectivity index (χ1) is 11.3. The highest BCUT2D eigenvalue weighted by Gasteiger charge is 2.40. The zero-order valence-electron chi connectivity index (χ0n) is 13.1. The Labute approximate surface area is 135 Å². The van der Waals surface area contributed by atoms with Crippen molar-refractivity contribution in [2.45, 2.75) is 25.3 Å². The zero-order valence-corrected chi connectivity index (χ0v) is 13.1. The number of likely N-dealkylation sites (tertiary alicyclic amines) is 1. The molecule has 1 aliphatic heterocycles. The van der Waals surface area contributed by atoms with Crippen molar-refractivity contribution in [1.82, 2.24) is 14.9 Å². The Kier molecular flexibility index (Phi) is 3.48. The molecule has 2 atom stereocenters. The zero-order chi connectivity index (χ0) is 15.8. The van der Waals surface area contributed by atoms with Crippen molar-refractivity contribution in [2.24, 2.45) is 5.92 Å². The number of piperidine rings is 1. The molecule has 4 rings (SSSR count). The number of pyridine rings is 2. The van der Waals surface area contributed by atoms with Crippen LogP contribution in [0.2, 0.25) is 0 Å². The molecule has 2 aliphatic rings. The third-order valence-corrected chi connectivity index (χ3v) is 4.93. The SMILES string of the molecule is COc1ccc(-c2ncccc2C(=O)N2C[C@H]3CC[C@@H]2C3)cn1. The van der Waals surface area contributed by atoms with Gasteiger partial charge in [-0.05, 0) is 43.4 Å². The number of carbonyl (C=O) groups is 1. The topological polar surface area (TPSA) is 55.3 Å². The summed E-state index contributed by atoms with van der Waals surface area (Å²) in [6.07, 6.45) is 6.97. The summed E-state index contributed by atoms with van der Waals surface area (Å²) >= 11 is 0. The van der Waals surface area contributed by atoms with Crippen LogP contribution in [0.15, 0.2) is 36.7 Å². The fourth-order valence-electron chi connectivity index (χ4n) is 3.78. The van der Waals surface area contributed by atoms with E-state index in [1.165, 1.54) is 6.42 Å². The normalized spacial score (nSPS) is 22.4. The molecule has 1 amide bonds. The lowest BCUT2D eigenvalue weighted by Crippen LogP contribution is -2.37. The number of nitrogens with zero attached hydrogens (tertiary/aromatic N) is 3. The third kappa shape index (κ3) is 2.46. The van der Waals surface area contributed by atoms with Crippen molar-refractivity contribution in [3.05, 3.63) is 42.2 Å². The quantitative estimate of drug-likeness (QED) is 0.875. The largest absolute Gasteiger partial charge is 0.481 e. The van der Waals surface area contributed by atoms with Crippen LogP contribution < -0.4 is 4.74 Å². The highest BCUT2D eigenvalue weighted by molar-refractivity contribution is 6.00. The second-order valence-electron chi connectivity index (χ2n) is 6.28. The van der Waals surface area contributed by atoms with E-state index >= 15 is 0 Å². The Hall–Kier alpha value is -2.43. The third-order valence-electron chi connectivity index (χ3n) is 4.93. The number of hydrogen-bond acceptors (Lipinski definition) is 4. The smallest absolute Gasteiger partial charge is 0.256 e. The van der Waals surface area contributed by atoms with E-state index in [0.717, 1.165) is 24.9 Å². The molecular weight excluding hydrogens is 290 g/mol. The van der Waals surface area contributed by atoms with E-state index in [0.29, 0.717) is 29.1 Å². The number of fused-ring (bicyclic) bond motifs is 2. The van der Waals surface area contributed by atoms with Crippen LogP contribution in [0.25, 0.3) is 11.3 Å². The first-order valence-electron chi connectivity index (χ1n) is 8.02. The van der Waals surface area contributed by atoms with Gasteiger partial charge in [0.15, 0.2) is 0 Å². The number of methoxy groups -OCH3 is 1. The van der Waals surface area contributed by atoms with Gasteiger partial charge in [0.05, 0.1) is 18.4 Å². The van der Waals surface area contributed by atoms with Crippen LogP contribution in [0.3, 0.4) is 0 Å². The maximum atomic E-state index is 13.0. The predicted octanol–water partition coefficient (Wildman–Crippen LogP) is 2.78. The summed E-state index contributed by atoms with van der Waals surface area (Å²) in [4.78, 5) is 23.7. The predicted molar refractivity (Wildman–Crippen MR) is 86.2 cm³/mol. The standard InChI is InChI=1S/C18H19N3O2/c1-23-16-7-5-13(10-20-16)17-15(3-2-8-19-17)18(22)21-11-12-4-6-14(21)9-12/h2-3,5,7-8,10,12,14H,4,6,9,11H2,1H3/t12-,14+/m0/s1. The van der Waals surface area contributed by atoms with E-state index in [9.17, 15) is 4.79 Å². The molecule has 3 heterocycles. The minimum absolute atomic E-state index is 0.0936. The fraction of sp³-hybridized carbons (Fsp3) is 0.389. The van der Waals surface area contributed by atoms with Gasteiger partial charge in [0.25, 0.3) is 5.91 Å². The van der Waals surface area contributed by atoms with Gasteiger partial charge in [-0.2, -0.15) is 0 Å². The molecule has 0 spiro atoms. The van der Waals surface area contributed by atoms with Gasteiger partial charge in [-0.3, -0.25) is 9.78 Å². The van der Waals surface area contributed by atoms with Crippen LogP contribution in [0, 0.1) is 5.92 Å². The van der Waals surface area contributed by atoms with Crippen molar-refractivity contribution < 1.29 is 9.53 Å². The lowest BCUT2D eigenvalue weighted by atomic mass is 10.0. The molecule has 0 N–H and O–H groups in total. The van der Waals surface area contributed by atoms with Gasteiger partial charge in [0.1, 0.15) is 0 Å². The molecule has 2 bridgehead atoms. The van der Waals surface area contributed by atoms with Crippen LogP contribution in [-0.4, -0.2) is 40.5 Å². The Morgan fingerprint density at radius 2 is 2.17 bits per heavy atom. The summed E-state index contributed by atoms with van der Waals surface area (Å²) in [5, 5.41) is 0. The van der Waals surface area contributed by atoms with Gasteiger partial charge in [0.2, 0.25) is 5.88 Å². The van der Waals surface area contributed by atoms with E-state index in [1.807, 2.05) is 23.1 Å². The Bertz CT molecular complexity index is 729. The van der Waals surface area contributed by atoms with Crippen LogP contribution in [0.4, 0.5) is 0 Å². The summed E-state index contributed by atoms with van der Waals surface area (Å²) in [6.45, 7) is 0.888. The van der Waals surface area contributed by atoms with Crippen LogP contribution in [0.5, 0.6) is 5.88 Å². The van der Waals surface area contributed by atoms with E-state index in [2.05, 4.69) is 9.97 Å². The van der Waals surface area contributed by atoms with Crippen molar-refractivity contribution in [3.8, 4) is 17.1 Å². The molecule has 1 saturated carbocycles. The van der Waals surface area contributed by atoms with Crippen molar-refractivity contribution in [3.63, 3.8) is 0 Å². The minimum atomic E-state index is 0.0936. The van der Waals surface area contributed by atoms with Crippen molar-refractivity contribution >= 4 is 5.91 Å². The molecule has 2 aromatic heterocycles. The Balaban J connectivity index is 1.67. The summed E-state index contributed by atoms with van der Waals surface area (Å²) in [5.74, 6) is 1.33. The van der Waals surface area contributed by atoms with Gasteiger partial charge in [0, 0.05) is 36.6 Å². The summed E-state index contributed by atoms with van der Waals surface area (Å²) < 4.78 is 5.09. The average Bonchev–Trinajstić information content (AvgIpc) is 3.24. The second-order valence-corrected chi connectivity index (χ2v) is 6.28. The lowest BCUT2D eigenvalue weighted by molar-refractivity contribution is 0.0704. The number of carbonyl (C=O) groups excluding carboxylic acids is 1. The van der Waals surface area contributed by atoms with Gasteiger partial charge in [-0.25, -0.2) is 4.98 Å². The van der Waals surface area contributed by atoms with E-state index in [1.54, 1.807) is 25.6 Å². The number of rotatable bonds is 3. The minimum Gasteiger partial charge on any atom is -0.481 e. The first kappa shape index (κ1) is 14.2. The number of hydrogen-bond donors (Lipinski definition) is 0. The van der Waals surface area contributed by atoms with Gasteiger partial charge in [-0.1, -0.05) is 0 Å². The lowest BCUT2D eigenvalue weighted by Gasteiger charge is -2.27. The molecule has 118 valence electrons. The molecule has 2 fully saturated rings. The highest BCUT2D eigenvalue weighted by Crippen LogP contribution is 2.38. The number of ether oxygens (including phenoxy) is 1. The van der Waals surface area contributed by atoms with Crippen LogP contribution in [0.1, 0.15) is 29.6 Å². The van der Waals surface area contributed by atoms with Gasteiger partial charge >= 0.3 is 0 Å². The Morgan fingerprint density at radius 3 is 2.83 bits per heavy atom. The fourth-order valence-corrected chi connectivity index (χ4v) is 3.78. The first-order valence-corrected chi connectivity index (χ1v) is 8.02. The summed E-state index contributed by atoms with van der Waals surface area (Å²) in [7, 11) is 1.58. The molecule has 23 heavy (non-hydrogen) atoms. The average molecular weight is 309 g/mol. The molecule has 2 aromatic rings. The summed E-state index contributed by atoms with van der Waals surface area (Å²) in [6, 6.07) is 7.77. The van der Waals surface area contributed by atoms with E-state index in [4.69, 9.17) is 4.74 Å². The molecule has 5 heteroatoms. The van der Waals surface area contributed by atoms with Gasteiger partial charge in [-0.15, -0.1) is 0 Å². The van der Waals surface area contributed by atoms with Crippen molar-refractivity contribution in [2.75, 3.05) is 13.7 Å². The molecular formula is C18H19N3O2. The molecule has 1 aliphatic carbocycles. The highest BCUT2D eigenvalue weighted by atomic mass is 16.5. The summed E-state index contributed by atoms with van der Waals surface area (Å²) in [5.41, 5.74) is 2.18. The second kappa shape index (κ2) is 5.65. The molecule has 5 nitrogen and oxygen atoms in total.